The summed E-state index contributed by atoms with van der Waals surface area (Å²) >= 11 is 6.00. The second kappa shape index (κ2) is 8.43. The maximum absolute atomic E-state index is 13.6. The first kappa shape index (κ1) is 22.6. The van der Waals surface area contributed by atoms with Crippen LogP contribution in [-0.2, 0) is 12.7 Å². The van der Waals surface area contributed by atoms with Gasteiger partial charge in [-0.3, -0.25) is 4.79 Å². The Morgan fingerprint density at radius 1 is 1.15 bits per heavy atom. The minimum Gasteiger partial charge on any atom is -0.349 e. The zero-order valence-electron chi connectivity index (χ0n) is 17.7. The fourth-order valence-electron chi connectivity index (χ4n) is 3.46. The summed E-state index contributed by atoms with van der Waals surface area (Å²) in [7, 11) is 1.67. The first-order valence-corrected chi connectivity index (χ1v) is 10.2. The van der Waals surface area contributed by atoms with E-state index in [0.29, 0.717) is 18.2 Å². The first-order valence-electron chi connectivity index (χ1n) is 9.84. The number of halogens is 4. The molecule has 4 rings (SSSR count). The van der Waals surface area contributed by atoms with Crippen molar-refractivity contribution in [3.63, 3.8) is 0 Å². The molecule has 9 nitrogen and oxygen atoms in total. The van der Waals surface area contributed by atoms with Gasteiger partial charge in [-0.05, 0) is 32.0 Å². The summed E-state index contributed by atoms with van der Waals surface area (Å²) in [6.45, 7) is 3.96. The van der Waals surface area contributed by atoms with Crippen molar-refractivity contribution in [1.29, 1.82) is 0 Å². The number of hydrogen-bond donors (Lipinski definition) is 0. The Balaban J connectivity index is 1.80. The van der Waals surface area contributed by atoms with Crippen molar-refractivity contribution in [2.45, 2.75) is 32.6 Å². The lowest BCUT2D eigenvalue weighted by molar-refractivity contribution is -0.136. The molecule has 13 heteroatoms. The summed E-state index contributed by atoms with van der Waals surface area (Å²) in [5.41, 5.74) is -1.45. The molecule has 1 aromatic carbocycles. The average Bonchev–Trinajstić information content (AvgIpc) is 3.26. The van der Waals surface area contributed by atoms with E-state index in [4.69, 9.17) is 11.6 Å². The van der Waals surface area contributed by atoms with Crippen LogP contribution in [0.5, 0.6) is 0 Å². The number of fused-ring (bicyclic) bond motifs is 1. The normalized spacial score (nSPS) is 12.8. The van der Waals surface area contributed by atoms with Crippen molar-refractivity contribution in [3.05, 3.63) is 63.7 Å². The molecule has 0 aliphatic rings. The minimum absolute atomic E-state index is 0.0823. The molecule has 0 unspecified atom stereocenters. The van der Waals surface area contributed by atoms with Crippen LogP contribution in [0.15, 0.2) is 41.7 Å². The van der Waals surface area contributed by atoms with Crippen LogP contribution in [0.1, 0.15) is 31.3 Å². The zero-order valence-corrected chi connectivity index (χ0v) is 18.5. The van der Waals surface area contributed by atoms with Gasteiger partial charge in [0.05, 0.1) is 17.1 Å². The van der Waals surface area contributed by atoms with Gasteiger partial charge in [-0.1, -0.05) is 11.6 Å². The van der Waals surface area contributed by atoms with Gasteiger partial charge in [-0.2, -0.15) is 23.0 Å². The van der Waals surface area contributed by atoms with E-state index >= 15 is 0 Å². The summed E-state index contributed by atoms with van der Waals surface area (Å²) in [6.07, 6.45) is -2.22. The minimum atomic E-state index is -4.63. The maximum atomic E-state index is 13.6. The fourth-order valence-corrected chi connectivity index (χ4v) is 3.68. The number of aryl methyl sites for hydroxylation is 1. The van der Waals surface area contributed by atoms with Crippen molar-refractivity contribution < 1.29 is 13.2 Å². The molecule has 0 aliphatic heterocycles. The Labute approximate surface area is 190 Å². The summed E-state index contributed by atoms with van der Waals surface area (Å²) in [5, 5.41) is 8.56. The molecule has 0 fully saturated rings. The monoisotopic (exact) mass is 478 g/mol. The zero-order chi connectivity index (χ0) is 23.9. The van der Waals surface area contributed by atoms with Crippen LogP contribution in [0.4, 0.5) is 19.0 Å². The molecule has 1 atom stereocenters. The summed E-state index contributed by atoms with van der Waals surface area (Å²) in [5.74, 6) is 1.05. The third-order valence-corrected chi connectivity index (χ3v) is 5.44. The van der Waals surface area contributed by atoms with E-state index < -0.39 is 17.8 Å². The lowest BCUT2D eigenvalue weighted by Gasteiger charge is -2.26. The maximum Gasteiger partial charge on any atom is 0.418 e. The van der Waals surface area contributed by atoms with Gasteiger partial charge in [0.25, 0.3) is 5.56 Å². The molecular weight excluding hydrogens is 461 g/mol. The number of anilines is 1. The van der Waals surface area contributed by atoms with Gasteiger partial charge in [0.2, 0.25) is 0 Å². The van der Waals surface area contributed by atoms with Crippen LogP contribution >= 0.6 is 11.6 Å². The smallest absolute Gasteiger partial charge is 0.349 e. The van der Waals surface area contributed by atoms with Crippen molar-refractivity contribution >= 4 is 28.3 Å². The first-order chi connectivity index (χ1) is 15.6. The topological polar surface area (TPSA) is 94.6 Å². The van der Waals surface area contributed by atoms with Gasteiger partial charge in [0.1, 0.15) is 18.5 Å². The standard InChI is InChI=1S/C20H18ClF3N8O/c1-4-31-16(33)6-5-15(29-31)32-18(27-10-28-32)11(2)30(3)19-13-7-12(21)8-14(20(22,23)24)17(13)25-9-26-19/h5-11H,4H2,1-3H3/t11-/m0/s1. The van der Waals surface area contributed by atoms with Gasteiger partial charge in [0, 0.05) is 30.1 Å². The lowest BCUT2D eigenvalue weighted by atomic mass is 10.1. The molecule has 4 aromatic rings. The van der Waals surface area contributed by atoms with Crippen molar-refractivity contribution in [1.82, 2.24) is 34.5 Å². The van der Waals surface area contributed by atoms with E-state index in [-0.39, 0.29) is 27.3 Å². The second-order valence-electron chi connectivity index (χ2n) is 7.21. The second-order valence-corrected chi connectivity index (χ2v) is 7.64. The molecule has 172 valence electrons. The number of nitrogens with zero attached hydrogens (tertiary/aromatic N) is 8. The largest absolute Gasteiger partial charge is 0.418 e. The van der Waals surface area contributed by atoms with E-state index in [0.717, 1.165) is 12.4 Å². The predicted octanol–water partition coefficient (Wildman–Crippen LogP) is 3.66. The summed E-state index contributed by atoms with van der Waals surface area (Å²) in [4.78, 5) is 25.9. The highest BCUT2D eigenvalue weighted by Crippen LogP contribution is 2.39. The number of benzene rings is 1. The number of hydrogen-bond acceptors (Lipinski definition) is 7. The molecular formula is C20H18ClF3N8O. The van der Waals surface area contributed by atoms with E-state index in [1.807, 2.05) is 0 Å². The highest BCUT2D eigenvalue weighted by molar-refractivity contribution is 6.31. The molecule has 0 N–H and O–H groups in total. The average molecular weight is 479 g/mol. The highest BCUT2D eigenvalue weighted by atomic mass is 35.5. The van der Waals surface area contributed by atoms with Gasteiger partial charge in [-0.25, -0.2) is 19.6 Å². The summed E-state index contributed by atoms with van der Waals surface area (Å²) < 4.78 is 43.4. The molecule has 0 saturated carbocycles. The van der Waals surface area contributed by atoms with Crippen LogP contribution in [-0.4, -0.2) is 41.6 Å². The van der Waals surface area contributed by atoms with Crippen molar-refractivity contribution in [2.24, 2.45) is 0 Å². The van der Waals surface area contributed by atoms with Crippen LogP contribution in [0, 0.1) is 0 Å². The quantitative estimate of drug-likeness (QED) is 0.432. The van der Waals surface area contributed by atoms with Gasteiger partial charge >= 0.3 is 6.18 Å². The third kappa shape index (κ3) is 4.13. The molecule has 0 radical (unpaired) electrons. The fraction of sp³-hybridized carbons (Fsp3) is 0.300. The predicted molar refractivity (Wildman–Crippen MR) is 115 cm³/mol. The van der Waals surface area contributed by atoms with Crippen molar-refractivity contribution in [2.75, 3.05) is 11.9 Å². The molecule has 0 spiro atoms. The molecule has 33 heavy (non-hydrogen) atoms. The van der Waals surface area contributed by atoms with Crippen LogP contribution in [0.3, 0.4) is 0 Å². The lowest BCUT2D eigenvalue weighted by Crippen LogP contribution is -2.27. The Morgan fingerprint density at radius 3 is 2.61 bits per heavy atom. The molecule has 3 aromatic heterocycles. The van der Waals surface area contributed by atoms with E-state index in [2.05, 4.69) is 25.1 Å². The Kier molecular flexibility index (Phi) is 5.78. The molecule has 0 aliphatic carbocycles. The Morgan fingerprint density at radius 2 is 1.91 bits per heavy atom. The van der Waals surface area contributed by atoms with Gasteiger partial charge in [-0.15, -0.1) is 5.10 Å². The van der Waals surface area contributed by atoms with E-state index in [1.165, 1.54) is 33.9 Å². The van der Waals surface area contributed by atoms with Gasteiger partial charge in [0.15, 0.2) is 11.6 Å². The van der Waals surface area contributed by atoms with Crippen LogP contribution in [0.25, 0.3) is 16.7 Å². The molecule has 0 bridgehead atoms. The highest BCUT2D eigenvalue weighted by Gasteiger charge is 2.35. The van der Waals surface area contributed by atoms with Crippen LogP contribution in [0.2, 0.25) is 5.02 Å². The number of rotatable bonds is 5. The van der Waals surface area contributed by atoms with Crippen LogP contribution < -0.4 is 10.5 Å². The molecule has 0 amide bonds. The number of aromatic nitrogens is 7. The molecule has 3 heterocycles. The van der Waals surface area contributed by atoms with Crippen molar-refractivity contribution in [3.8, 4) is 5.82 Å². The third-order valence-electron chi connectivity index (χ3n) is 5.22. The number of alkyl halides is 3. The van der Waals surface area contributed by atoms with Gasteiger partial charge < -0.3 is 4.90 Å². The molecule has 0 saturated heterocycles. The Hall–Kier alpha value is -3.54. The summed E-state index contributed by atoms with van der Waals surface area (Å²) in [6, 6.07) is 4.64. The van der Waals surface area contributed by atoms with E-state index in [1.54, 1.807) is 25.8 Å². The SMILES string of the molecule is CCn1nc(-n2ncnc2[C@H](C)N(C)c2ncnc3c(C(F)(F)F)cc(Cl)cc23)ccc1=O. The van der Waals surface area contributed by atoms with E-state index in [9.17, 15) is 18.0 Å². The Bertz CT molecular complexity index is 1380.